The van der Waals surface area contributed by atoms with Crippen LogP contribution in [-0.4, -0.2) is 30.8 Å². The summed E-state index contributed by atoms with van der Waals surface area (Å²) < 4.78 is 10.9. The normalized spacial score (nSPS) is 20.7. The van der Waals surface area contributed by atoms with Crippen LogP contribution in [-0.2, 0) is 11.3 Å². The van der Waals surface area contributed by atoms with Gasteiger partial charge in [-0.3, -0.25) is 4.79 Å². The quantitative estimate of drug-likeness (QED) is 0.721. The zero-order chi connectivity index (χ0) is 16.7. The number of aliphatic carboxylic acids is 1. The molecule has 0 atom stereocenters. The SMILES string of the molecule is C=CCOc1ccc(CNC2CCC(C(=O)O)CC2)cc1OC. The summed E-state index contributed by atoms with van der Waals surface area (Å²) in [5, 5.41) is 12.5. The second-order valence-electron chi connectivity index (χ2n) is 5.85. The van der Waals surface area contributed by atoms with Crippen molar-refractivity contribution in [2.45, 2.75) is 38.3 Å². The molecule has 5 nitrogen and oxygen atoms in total. The fourth-order valence-corrected chi connectivity index (χ4v) is 2.90. The Morgan fingerprint density at radius 2 is 2.09 bits per heavy atom. The minimum Gasteiger partial charge on any atom is -0.493 e. The van der Waals surface area contributed by atoms with Gasteiger partial charge in [0.05, 0.1) is 13.0 Å². The molecule has 1 fully saturated rings. The van der Waals surface area contributed by atoms with Crippen LogP contribution in [0.15, 0.2) is 30.9 Å². The summed E-state index contributed by atoms with van der Waals surface area (Å²) in [4.78, 5) is 11.0. The monoisotopic (exact) mass is 319 g/mol. The van der Waals surface area contributed by atoms with Crippen molar-refractivity contribution in [3.05, 3.63) is 36.4 Å². The van der Waals surface area contributed by atoms with E-state index in [0.717, 1.165) is 37.8 Å². The van der Waals surface area contributed by atoms with Crippen LogP contribution in [0.1, 0.15) is 31.2 Å². The molecule has 0 heterocycles. The van der Waals surface area contributed by atoms with Gasteiger partial charge in [0.15, 0.2) is 11.5 Å². The van der Waals surface area contributed by atoms with Crippen LogP contribution in [0.2, 0.25) is 0 Å². The fourth-order valence-electron chi connectivity index (χ4n) is 2.90. The summed E-state index contributed by atoms with van der Waals surface area (Å²) in [5.41, 5.74) is 1.12. The van der Waals surface area contributed by atoms with Crippen LogP contribution in [0, 0.1) is 5.92 Å². The van der Waals surface area contributed by atoms with E-state index < -0.39 is 5.97 Å². The van der Waals surface area contributed by atoms with Gasteiger partial charge in [-0.25, -0.2) is 0 Å². The first-order chi connectivity index (χ1) is 11.1. The number of hydrogen-bond donors (Lipinski definition) is 2. The number of carboxylic acid groups (broad SMARTS) is 1. The average Bonchev–Trinajstić information content (AvgIpc) is 2.58. The number of methoxy groups -OCH3 is 1. The third kappa shape index (κ3) is 4.99. The third-order valence-corrected chi connectivity index (χ3v) is 4.26. The molecule has 0 unspecified atom stereocenters. The Balaban J connectivity index is 1.86. The number of carbonyl (C=O) groups is 1. The molecule has 23 heavy (non-hydrogen) atoms. The lowest BCUT2D eigenvalue weighted by Gasteiger charge is -2.27. The first-order valence-corrected chi connectivity index (χ1v) is 8.00. The van der Waals surface area contributed by atoms with Crippen molar-refractivity contribution in [3.8, 4) is 11.5 Å². The largest absolute Gasteiger partial charge is 0.493 e. The number of hydrogen-bond acceptors (Lipinski definition) is 4. The lowest BCUT2D eigenvalue weighted by Crippen LogP contribution is -2.34. The molecule has 1 aliphatic carbocycles. The highest BCUT2D eigenvalue weighted by Gasteiger charge is 2.25. The maximum atomic E-state index is 11.0. The maximum Gasteiger partial charge on any atom is 0.306 e. The molecule has 1 aliphatic rings. The van der Waals surface area contributed by atoms with Gasteiger partial charge in [0.25, 0.3) is 0 Å². The Bertz CT molecular complexity index is 536. The summed E-state index contributed by atoms with van der Waals surface area (Å²) >= 11 is 0. The Morgan fingerprint density at radius 3 is 2.70 bits per heavy atom. The highest BCUT2D eigenvalue weighted by molar-refractivity contribution is 5.70. The lowest BCUT2D eigenvalue weighted by atomic mass is 9.86. The summed E-state index contributed by atoms with van der Waals surface area (Å²) in [6.07, 6.45) is 5.03. The van der Waals surface area contributed by atoms with Gasteiger partial charge in [0.1, 0.15) is 6.61 Å². The van der Waals surface area contributed by atoms with Gasteiger partial charge in [-0.05, 0) is 43.4 Å². The number of nitrogens with one attached hydrogen (secondary N) is 1. The van der Waals surface area contributed by atoms with E-state index in [1.165, 1.54) is 0 Å². The predicted octanol–water partition coefficient (Wildman–Crippen LogP) is 2.99. The molecule has 5 heteroatoms. The maximum absolute atomic E-state index is 11.0. The van der Waals surface area contributed by atoms with E-state index in [9.17, 15) is 4.79 Å². The van der Waals surface area contributed by atoms with Gasteiger partial charge >= 0.3 is 5.97 Å². The van der Waals surface area contributed by atoms with Crippen molar-refractivity contribution >= 4 is 5.97 Å². The second kappa shape index (κ2) is 8.58. The first-order valence-electron chi connectivity index (χ1n) is 8.00. The van der Waals surface area contributed by atoms with E-state index in [1.54, 1.807) is 13.2 Å². The van der Waals surface area contributed by atoms with Crippen molar-refractivity contribution < 1.29 is 19.4 Å². The van der Waals surface area contributed by atoms with Crippen LogP contribution in [0.4, 0.5) is 0 Å². The van der Waals surface area contributed by atoms with Crippen molar-refractivity contribution in [1.29, 1.82) is 0 Å². The van der Waals surface area contributed by atoms with Crippen molar-refractivity contribution in [2.75, 3.05) is 13.7 Å². The molecular formula is C18H25NO4. The molecule has 0 aromatic heterocycles. The minimum atomic E-state index is -0.664. The molecule has 0 amide bonds. The predicted molar refractivity (Wildman–Crippen MR) is 88.9 cm³/mol. The summed E-state index contributed by atoms with van der Waals surface area (Å²) in [6.45, 7) is 4.82. The van der Waals surface area contributed by atoms with E-state index in [-0.39, 0.29) is 5.92 Å². The van der Waals surface area contributed by atoms with Gasteiger partial charge in [0.2, 0.25) is 0 Å². The Morgan fingerprint density at radius 1 is 1.35 bits per heavy atom. The zero-order valence-corrected chi connectivity index (χ0v) is 13.6. The summed E-state index contributed by atoms with van der Waals surface area (Å²) in [6, 6.07) is 6.26. The van der Waals surface area contributed by atoms with E-state index in [4.69, 9.17) is 14.6 Å². The fraction of sp³-hybridized carbons (Fsp3) is 0.500. The Hall–Kier alpha value is -2.01. The smallest absolute Gasteiger partial charge is 0.306 e. The van der Waals surface area contributed by atoms with Gasteiger partial charge in [-0.15, -0.1) is 0 Å². The molecule has 0 bridgehead atoms. The molecule has 0 spiro atoms. The van der Waals surface area contributed by atoms with Crippen molar-refractivity contribution in [3.63, 3.8) is 0 Å². The number of ether oxygens (including phenoxy) is 2. The highest BCUT2D eigenvalue weighted by atomic mass is 16.5. The van der Waals surface area contributed by atoms with Crippen LogP contribution in [0.3, 0.4) is 0 Å². The van der Waals surface area contributed by atoms with Crippen LogP contribution in [0.5, 0.6) is 11.5 Å². The zero-order valence-electron chi connectivity index (χ0n) is 13.6. The molecule has 1 saturated carbocycles. The molecule has 0 radical (unpaired) electrons. The first kappa shape index (κ1) is 17.3. The van der Waals surface area contributed by atoms with Gasteiger partial charge in [-0.1, -0.05) is 18.7 Å². The topological polar surface area (TPSA) is 67.8 Å². The van der Waals surface area contributed by atoms with Gasteiger partial charge in [-0.2, -0.15) is 0 Å². The number of carboxylic acids is 1. The molecule has 126 valence electrons. The van der Waals surface area contributed by atoms with Gasteiger partial charge < -0.3 is 19.9 Å². The molecular weight excluding hydrogens is 294 g/mol. The van der Waals surface area contributed by atoms with Crippen molar-refractivity contribution in [1.82, 2.24) is 5.32 Å². The minimum absolute atomic E-state index is 0.172. The molecule has 2 N–H and O–H groups in total. The van der Waals surface area contributed by atoms with Gasteiger partial charge in [0, 0.05) is 12.6 Å². The van der Waals surface area contributed by atoms with Crippen molar-refractivity contribution in [2.24, 2.45) is 5.92 Å². The highest BCUT2D eigenvalue weighted by Crippen LogP contribution is 2.29. The Labute approximate surface area is 137 Å². The van der Waals surface area contributed by atoms with E-state index in [1.807, 2.05) is 18.2 Å². The molecule has 2 rings (SSSR count). The molecule has 0 saturated heterocycles. The van der Waals surface area contributed by atoms with Crippen LogP contribution in [0.25, 0.3) is 0 Å². The van der Waals surface area contributed by atoms with E-state index in [2.05, 4.69) is 11.9 Å². The third-order valence-electron chi connectivity index (χ3n) is 4.26. The molecule has 1 aromatic rings. The van der Waals surface area contributed by atoms with E-state index in [0.29, 0.717) is 24.1 Å². The number of rotatable bonds is 8. The van der Waals surface area contributed by atoms with Crippen LogP contribution < -0.4 is 14.8 Å². The van der Waals surface area contributed by atoms with Crippen LogP contribution >= 0.6 is 0 Å². The standard InChI is InChI=1S/C18H25NO4/c1-3-10-23-16-9-4-13(11-17(16)22-2)12-19-15-7-5-14(6-8-15)18(20)21/h3-4,9,11,14-15,19H,1,5-8,10,12H2,2H3,(H,20,21). The second-order valence-corrected chi connectivity index (χ2v) is 5.85. The summed E-state index contributed by atoms with van der Waals surface area (Å²) in [5.74, 6) is 0.580. The number of benzene rings is 1. The molecule has 1 aromatic carbocycles. The lowest BCUT2D eigenvalue weighted by molar-refractivity contribution is -0.142. The molecule has 0 aliphatic heterocycles. The van der Waals surface area contributed by atoms with E-state index >= 15 is 0 Å². The summed E-state index contributed by atoms with van der Waals surface area (Å²) in [7, 11) is 1.63. The Kier molecular flexibility index (Phi) is 6.47. The average molecular weight is 319 g/mol.